The maximum atomic E-state index is 8.87. The van der Waals surface area contributed by atoms with Crippen molar-refractivity contribution in [3.8, 4) is 6.07 Å². The Bertz CT molecular complexity index is 617. The molecule has 0 atom stereocenters. The molecule has 3 nitrogen and oxygen atoms in total. The van der Waals surface area contributed by atoms with Crippen molar-refractivity contribution < 1.29 is 0 Å². The fourth-order valence-corrected chi connectivity index (χ4v) is 2.31. The molecule has 0 fully saturated rings. The van der Waals surface area contributed by atoms with Gasteiger partial charge in [0.05, 0.1) is 5.56 Å². The second-order valence-corrected chi connectivity index (χ2v) is 4.99. The lowest BCUT2D eigenvalue weighted by Crippen LogP contribution is -2.06. The molecule has 0 aliphatic rings. The van der Waals surface area contributed by atoms with Crippen LogP contribution in [0.15, 0.2) is 46.9 Å². The van der Waals surface area contributed by atoms with Crippen LogP contribution in [-0.4, -0.2) is 0 Å². The number of nitrogens with one attached hydrogen (secondary N) is 1. The van der Waals surface area contributed by atoms with Crippen LogP contribution in [0.4, 0.5) is 5.69 Å². The van der Waals surface area contributed by atoms with Gasteiger partial charge in [0.2, 0.25) is 0 Å². The van der Waals surface area contributed by atoms with Crippen molar-refractivity contribution in [1.29, 1.82) is 5.26 Å². The average Bonchev–Trinajstić information content (AvgIpc) is 2.45. The van der Waals surface area contributed by atoms with E-state index in [2.05, 4.69) is 33.4 Å². The minimum atomic E-state index is 0.537. The quantitative estimate of drug-likeness (QED) is 0.909. The van der Waals surface area contributed by atoms with Crippen molar-refractivity contribution >= 4 is 21.6 Å². The molecule has 0 aliphatic carbocycles. The summed E-state index contributed by atoms with van der Waals surface area (Å²) < 4.78 is 0.798. The van der Waals surface area contributed by atoms with Gasteiger partial charge in [-0.1, -0.05) is 24.3 Å². The maximum Gasteiger partial charge on any atom is 0.100 e. The molecule has 2 rings (SSSR count). The number of halogens is 1. The van der Waals surface area contributed by atoms with Gasteiger partial charge >= 0.3 is 0 Å². The number of benzene rings is 2. The topological polar surface area (TPSA) is 61.8 Å². The van der Waals surface area contributed by atoms with Crippen LogP contribution in [0.25, 0.3) is 0 Å². The molecule has 0 saturated carbocycles. The van der Waals surface area contributed by atoms with E-state index in [-0.39, 0.29) is 0 Å². The molecule has 4 heteroatoms. The molecule has 0 heterocycles. The number of nitrogens with zero attached hydrogens (tertiary/aromatic N) is 1. The van der Waals surface area contributed by atoms with Crippen molar-refractivity contribution in [3.63, 3.8) is 0 Å². The van der Waals surface area contributed by atoms with Gasteiger partial charge in [-0.15, -0.1) is 0 Å². The van der Waals surface area contributed by atoms with Gasteiger partial charge in [-0.2, -0.15) is 5.26 Å². The number of anilines is 1. The third kappa shape index (κ3) is 3.34. The van der Waals surface area contributed by atoms with Gasteiger partial charge in [0.15, 0.2) is 0 Å². The Labute approximate surface area is 121 Å². The summed E-state index contributed by atoms with van der Waals surface area (Å²) in [5, 5.41) is 12.2. The second kappa shape index (κ2) is 6.37. The van der Waals surface area contributed by atoms with E-state index in [1.165, 1.54) is 5.56 Å². The highest BCUT2D eigenvalue weighted by Gasteiger charge is 2.02. The fourth-order valence-electron chi connectivity index (χ4n) is 1.84. The van der Waals surface area contributed by atoms with E-state index in [1.54, 1.807) is 6.07 Å². The highest BCUT2D eigenvalue weighted by molar-refractivity contribution is 9.10. The van der Waals surface area contributed by atoms with Crippen molar-refractivity contribution in [2.24, 2.45) is 5.73 Å². The van der Waals surface area contributed by atoms with Crippen molar-refractivity contribution in [3.05, 3.63) is 63.6 Å². The van der Waals surface area contributed by atoms with Crippen LogP contribution < -0.4 is 11.1 Å². The third-order valence-electron chi connectivity index (χ3n) is 2.91. The van der Waals surface area contributed by atoms with Crippen molar-refractivity contribution in [2.45, 2.75) is 13.1 Å². The first-order valence-electron chi connectivity index (χ1n) is 5.95. The predicted molar refractivity (Wildman–Crippen MR) is 80.5 cm³/mol. The number of nitriles is 1. The first-order chi connectivity index (χ1) is 9.24. The Kier molecular flexibility index (Phi) is 4.56. The number of nitrogens with two attached hydrogens (primary N) is 1. The number of hydrogen-bond donors (Lipinski definition) is 2. The third-order valence-corrected chi connectivity index (χ3v) is 3.57. The highest BCUT2D eigenvalue weighted by atomic mass is 79.9. The lowest BCUT2D eigenvalue weighted by Gasteiger charge is -2.10. The monoisotopic (exact) mass is 315 g/mol. The number of hydrogen-bond acceptors (Lipinski definition) is 3. The van der Waals surface area contributed by atoms with Gasteiger partial charge in [-0.3, -0.25) is 0 Å². The van der Waals surface area contributed by atoms with Gasteiger partial charge in [0.25, 0.3) is 0 Å². The minimum Gasteiger partial charge on any atom is -0.381 e. The summed E-state index contributed by atoms with van der Waals surface area (Å²) in [5.74, 6) is 0. The molecular formula is C15H14BrN3. The fraction of sp³-hybridized carbons (Fsp3) is 0.133. The van der Waals surface area contributed by atoms with Gasteiger partial charge < -0.3 is 11.1 Å². The van der Waals surface area contributed by atoms with Crippen molar-refractivity contribution in [2.75, 3.05) is 5.32 Å². The predicted octanol–water partition coefficient (Wildman–Crippen LogP) is 3.39. The molecule has 96 valence electrons. The van der Waals surface area contributed by atoms with Crippen LogP contribution in [0.1, 0.15) is 16.7 Å². The Morgan fingerprint density at radius 1 is 1.16 bits per heavy atom. The molecule has 0 radical (unpaired) electrons. The van der Waals surface area contributed by atoms with Crippen LogP contribution in [-0.2, 0) is 13.1 Å². The molecule has 2 aromatic rings. The van der Waals surface area contributed by atoms with E-state index in [1.807, 2.05) is 30.3 Å². The zero-order valence-electron chi connectivity index (χ0n) is 10.4. The van der Waals surface area contributed by atoms with Gasteiger partial charge in [-0.05, 0) is 45.3 Å². The molecule has 3 N–H and O–H groups in total. The van der Waals surface area contributed by atoms with Crippen molar-refractivity contribution in [1.82, 2.24) is 0 Å². The Morgan fingerprint density at radius 2 is 1.89 bits per heavy atom. The molecule has 0 unspecified atom stereocenters. The molecule has 19 heavy (non-hydrogen) atoms. The molecule has 0 spiro atoms. The average molecular weight is 316 g/mol. The Morgan fingerprint density at radius 3 is 2.53 bits per heavy atom. The Hall–Kier alpha value is -1.83. The highest BCUT2D eigenvalue weighted by Crippen LogP contribution is 2.21. The van der Waals surface area contributed by atoms with E-state index < -0.39 is 0 Å². The molecule has 2 aromatic carbocycles. The van der Waals surface area contributed by atoms with Crippen LogP contribution in [0.5, 0.6) is 0 Å². The van der Waals surface area contributed by atoms with E-state index in [9.17, 15) is 0 Å². The summed E-state index contributed by atoms with van der Waals surface area (Å²) in [5.41, 5.74) is 9.64. The first-order valence-corrected chi connectivity index (χ1v) is 6.74. The van der Waals surface area contributed by atoms with Crippen LogP contribution in [0, 0.1) is 11.3 Å². The maximum absolute atomic E-state index is 8.87. The van der Waals surface area contributed by atoms with E-state index in [4.69, 9.17) is 11.0 Å². The largest absolute Gasteiger partial charge is 0.381 e. The zero-order chi connectivity index (χ0) is 13.7. The van der Waals surface area contributed by atoms with E-state index in [0.29, 0.717) is 18.7 Å². The summed E-state index contributed by atoms with van der Waals surface area (Å²) in [4.78, 5) is 0. The summed E-state index contributed by atoms with van der Waals surface area (Å²) in [6.07, 6.45) is 0. The number of rotatable bonds is 4. The van der Waals surface area contributed by atoms with Crippen LogP contribution in [0.3, 0.4) is 0 Å². The zero-order valence-corrected chi connectivity index (χ0v) is 11.9. The molecular weight excluding hydrogens is 302 g/mol. The lowest BCUT2D eigenvalue weighted by atomic mass is 10.1. The Balaban J connectivity index is 2.11. The standard InChI is InChI=1S/C15H14BrN3/c16-15-7-14(6-5-12(15)9-18)19-10-13-4-2-1-3-11(13)8-17/h1-7,19H,8,10,17H2. The van der Waals surface area contributed by atoms with Crippen LogP contribution >= 0.6 is 15.9 Å². The summed E-state index contributed by atoms with van der Waals surface area (Å²) in [7, 11) is 0. The molecule has 0 aliphatic heterocycles. The summed E-state index contributed by atoms with van der Waals surface area (Å²) in [6, 6.07) is 15.8. The molecule has 0 amide bonds. The van der Waals surface area contributed by atoms with Crippen LogP contribution in [0.2, 0.25) is 0 Å². The SMILES string of the molecule is N#Cc1ccc(NCc2ccccc2CN)cc1Br. The first kappa shape index (κ1) is 13.6. The molecule has 0 saturated heterocycles. The molecule has 0 bridgehead atoms. The van der Waals surface area contributed by atoms with Gasteiger partial charge in [-0.25, -0.2) is 0 Å². The summed E-state index contributed by atoms with van der Waals surface area (Å²) >= 11 is 3.38. The smallest absolute Gasteiger partial charge is 0.100 e. The normalized spacial score (nSPS) is 9.95. The lowest BCUT2D eigenvalue weighted by molar-refractivity contribution is 1.01. The minimum absolute atomic E-state index is 0.537. The van der Waals surface area contributed by atoms with E-state index in [0.717, 1.165) is 15.7 Å². The van der Waals surface area contributed by atoms with Gasteiger partial charge in [0.1, 0.15) is 6.07 Å². The van der Waals surface area contributed by atoms with Gasteiger partial charge in [0, 0.05) is 23.2 Å². The second-order valence-electron chi connectivity index (χ2n) is 4.13. The molecule has 0 aromatic heterocycles. The van der Waals surface area contributed by atoms with E-state index >= 15 is 0 Å². The summed E-state index contributed by atoms with van der Waals surface area (Å²) in [6.45, 7) is 1.25.